The van der Waals surface area contributed by atoms with Crippen molar-refractivity contribution in [3.05, 3.63) is 65.9 Å². The van der Waals surface area contributed by atoms with Crippen molar-refractivity contribution in [1.29, 1.82) is 0 Å². The first-order valence-electron chi connectivity index (χ1n) is 12.5. The first kappa shape index (κ1) is 30.1. The maximum absolute atomic E-state index is 13.5. The molecule has 0 spiro atoms. The molecule has 5 unspecified atom stereocenters. The third-order valence-corrected chi connectivity index (χ3v) is 6.32. The van der Waals surface area contributed by atoms with Crippen LogP contribution in [-0.2, 0) is 32.0 Å². The monoisotopic (exact) mass is 555 g/mol. The number of carboxylic acid groups (broad SMARTS) is 1. The number of phenolic OH excluding ortho intramolecular Hbond substituents is 1. The van der Waals surface area contributed by atoms with Gasteiger partial charge in [-0.2, -0.15) is 0 Å². The fourth-order valence-corrected chi connectivity index (χ4v) is 4.08. The van der Waals surface area contributed by atoms with Gasteiger partial charge < -0.3 is 47.1 Å². The van der Waals surface area contributed by atoms with Gasteiger partial charge >= 0.3 is 5.97 Å². The Kier molecular flexibility index (Phi) is 10.2. The lowest BCUT2D eigenvalue weighted by Crippen LogP contribution is -2.59. The summed E-state index contributed by atoms with van der Waals surface area (Å²) in [6, 6.07) is 7.65. The molecule has 3 amide bonds. The zero-order chi connectivity index (χ0) is 29.4. The van der Waals surface area contributed by atoms with Crippen molar-refractivity contribution in [2.24, 2.45) is 5.73 Å². The molecule has 10 N–H and O–H groups in total. The maximum Gasteiger partial charge on any atom is 0.328 e. The van der Waals surface area contributed by atoms with E-state index in [1.165, 1.54) is 31.2 Å². The number of aromatic amines is 1. The van der Waals surface area contributed by atoms with Crippen LogP contribution in [0.1, 0.15) is 18.1 Å². The molecule has 3 rings (SSSR count). The summed E-state index contributed by atoms with van der Waals surface area (Å²) >= 11 is 0. The van der Waals surface area contributed by atoms with E-state index in [4.69, 9.17) is 5.73 Å². The maximum atomic E-state index is 13.5. The van der Waals surface area contributed by atoms with Crippen LogP contribution in [0.4, 0.5) is 0 Å². The highest BCUT2D eigenvalue weighted by Crippen LogP contribution is 2.19. The fraction of sp³-hybridized carbons (Fsp3) is 0.333. The highest BCUT2D eigenvalue weighted by Gasteiger charge is 2.32. The summed E-state index contributed by atoms with van der Waals surface area (Å²) in [5, 5.41) is 46.2. The Morgan fingerprint density at radius 2 is 1.50 bits per heavy atom. The Morgan fingerprint density at radius 3 is 2.12 bits per heavy atom. The number of aromatic nitrogens is 1. The number of amides is 3. The second-order valence-electron chi connectivity index (χ2n) is 9.41. The topological polar surface area (TPSA) is 227 Å². The molecule has 0 radical (unpaired) electrons. The summed E-state index contributed by atoms with van der Waals surface area (Å²) in [4.78, 5) is 53.9. The number of aliphatic hydroxyl groups excluding tert-OH is 2. The van der Waals surface area contributed by atoms with Crippen LogP contribution in [0.2, 0.25) is 0 Å². The molecule has 0 aliphatic heterocycles. The first-order valence-corrected chi connectivity index (χ1v) is 12.5. The molecule has 0 saturated heterocycles. The number of carbonyl (C=O) groups is 4. The zero-order valence-electron chi connectivity index (χ0n) is 21.7. The van der Waals surface area contributed by atoms with Crippen molar-refractivity contribution < 1.29 is 39.6 Å². The molecule has 13 heteroatoms. The van der Waals surface area contributed by atoms with Gasteiger partial charge in [0.1, 0.15) is 23.9 Å². The van der Waals surface area contributed by atoms with Crippen molar-refractivity contribution in [1.82, 2.24) is 20.9 Å². The third-order valence-electron chi connectivity index (χ3n) is 6.32. The van der Waals surface area contributed by atoms with Crippen molar-refractivity contribution in [2.75, 3.05) is 6.61 Å². The third kappa shape index (κ3) is 7.79. The lowest BCUT2D eigenvalue weighted by Gasteiger charge is -2.26. The summed E-state index contributed by atoms with van der Waals surface area (Å²) in [6.07, 6.45) is 0.150. The Balaban J connectivity index is 1.90. The van der Waals surface area contributed by atoms with E-state index in [0.29, 0.717) is 11.1 Å². The number of carbonyl (C=O) groups excluding carboxylic acids is 3. The van der Waals surface area contributed by atoms with E-state index in [-0.39, 0.29) is 18.6 Å². The number of aromatic hydroxyl groups is 1. The Bertz CT molecular complexity index is 1340. The number of H-pyrrole nitrogens is 1. The van der Waals surface area contributed by atoms with Gasteiger partial charge in [-0.25, -0.2) is 4.79 Å². The van der Waals surface area contributed by atoms with Gasteiger partial charge in [-0.15, -0.1) is 0 Å². The van der Waals surface area contributed by atoms with Crippen LogP contribution in [0.25, 0.3) is 10.9 Å². The fourth-order valence-electron chi connectivity index (χ4n) is 4.08. The molecule has 2 aromatic carbocycles. The number of nitrogens with one attached hydrogen (secondary N) is 4. The lowest BCUT2D eigenvalue weighted by molar-refractivity contribution is -0.145. The quantitative estimate of drug-likeness (QED) is 0.124. The Labute approximate surface area is 229 Å². The van der Waals surface area contributed by atoms with E-state index in [1.54, 1.807) is 6.20 Å². The van der Waals surface area contributed by atoms with Gasteiger partial charge in [-0.05, 0) is 36.2 Å². The number of nitrogens with two attached hydrogens (primary N) is 1. The Morgan fingerprint density at radius 1 is 0.900 bits per heavy atom. The number of fused-ring (bicyclic) bond motifs is 1. The van der Waals surface area contributed by atoms with Crippen LogP contribution in [-0.4, -0.2) is 86.0 Å². The molecule has 214 valence electrons. The largest absolute Gasteiger partial charge is 0.508 e. The second kappa shape index (κ2) is 13.6. The molecule has 0 aliphatic carbocycles. The van der Waals surface area contributed by atoms with Gasteiger partial charge in [0.25, 0.3) is 0 Å². The normalized spacial score (nSPS) is 14.9. The molecule has 1 heterocycles. The highest BCUT2D eigenvalue weighted by atomic mass is 16.4. The summed E-state index contributed by atoms with van der Waals surface area (Å²) in [5.74, 6) is -3.94. The van der Waals surface area contributed by atoms with Gasteiger partial charge in [0, 0.05) is 29.9 Å². The summed E-state index contributed by atoms with van der Waals surface area (Å²) < 4.78 is 0. The van der Waals surface area contributed by atoms with E-state index >= 15 is 0 Å². The smallest absolute Gasteiger partial charge is 0.328 e. The molecular formula is C27H33N5O8. The molecule has 40 heavy (non-hydrogen) atoms. The molecule has 0 aliphatic rings. The van der Waals surface area contributed by atoms with E-state index in [0.717, 1.165) is 10.9 Å². The number of phenols is 1. The number of benzene rings is 2. The van der Waals surface area contributed by atoms with Crippen molar-refractivity contribution >= 4 is 34.6 Å². The molecule has 1 aromatic heterocycles. The standard InChI is InChI=1S/C27H33N5O8/c1-14(34)23(27(39)40)32-26(38)21(10-15-6-8-17(35)9-7-15)31-25(37)22(30-24(36)19(28)13-33)11-16-12-29-20-5-3-2-4-18(16)20/h2-9,12,14,19,21-23,29,33-35H,10-11,13,28H2,1H3,(H,30,36)(H,31,37)(H,32,38)(H,39,40). The summed E-state index contributed by atoms with van der Waals surface area (Å²) in [5.41, 5.74) is 7.66. The summed E-state index contributed by atoms with van der Waals surface area (Å²) in [6.45, 7) is 0.541. The van der Waals surface area contributed by atoms with Crippen LogP contribution < -0.4 is 21.7 Å². The number of aliphatic carboxylic acids is 1. The predicted molar refractivity (Wildman–Crippen MR) is 144 cm³/mol. The minimum absolute atomic E-state index is 0.00128. The average molecular weight is 556 g/mol. The van der Waals surface area contributed by atoms with Gasteiger partial charge in [-0.1, -0.05) is 30.3 Å². The van der Waals surface area contributed by atoms with E-state index in [2.05, 4.69) is 20.9 Å². The zero-order valence-corrected chi connectivity index (χ0v) is 21.7. The van der Waals surface area contributed by atoms with Gasteiger partial charge in [0.2, 0.25) is 17.7 Å². The summed E-state index contributed by atoms with van der Waals surface area (Å²) in [7, 11) is 0. The van der Waals surface area contributed by atoms with Gasteiger partial charge in [0.05, 0.1) is 12.7 Å². The van der Waals surface area contributed by atoms with Gasteiger partial charge in [0.15, 0.2) is 6.04 Å². The number of hydrogen-bond donors (Lipinski definition) is 9. The first-order chi connectivity index (χ1) is 19.0. The van der Waals surface area contributed by atoms with Crippen LogP contribution >= 0.6 is 0 Å². The number of carboxylic acids is 1. The van der Waals surface area contributed by atoms with E-state index < -0.39 is 60.6 Å². The van der Waals surface area contributed by atoms with Gasteiger partial charge in [-0.3, -0.25) is 14.4 Å². The van der Waals surface area contributed by atoms with Crippen molar-refractivity contribution in [3.63, 3.8) is 0 Å². The molecule has 0 saturated carbocycles. The number of para-hydroxylation sites is 1. The molecule has 5 atom stereocenters. The lowest BCUT2D eigenvalue weighted by atomic mass is 10.0. The van der Waals surface area contributed by atoms with Crippen molar-refractivity contribution in [2.45, 2.75) is 50.0 Å². The SMILES string of the molecule is CC(O)C(NC(=O)C(Cc1ccc(O)cc1)NC(=O)C(Cc1c[nH]c2ccccc12)NC(=O)C(N)CO)C(=O)O. The van der Waals surface area contributed by atoms with E-state index in [9.17, 15) is 39.6 Å². The average Bonchev–Trinajstić information content (AvgIpc) is 3.33. The molecule has 3 aromatic rings. The van der Waals surface area contributed by atoms with Crippen LogP contribution in [0.3, 0.4) is 0 Å². The van der Waals surface area contributed by atoms with Crippen molar-refractivity contribution in [3.8, 4) is 5.75 Å². The molecule has 0 bridgehead atoms. The molecule has 13 nitrogen and oxygen atoms in total. The number of rotatable bonds is 13. The molecule has 0 fully saturated rings. The second-order valence-corrected chi connectivity index (χ2v) is 9.41. The highest BCUT2D eigenvalue weighted by molar-refractivity contribution is 5.95. The Hall–Kier alpha value is -4.46. The minimum Gasteiger partial charge on any atom is -0.508 e. The van der Waals surface area contributed by atoms with Crippen LogP contribution in [0, 0.1) is 0 Å². The number of hydrogen-bond acceptors (Lipinski definition) is 8. The predicted octanol–water partition coefficient (Wildman–Crippen LogP) is -1.10. The molecular weight excluding hydrogens is 522 g/mol. The van der Waals surface area contributed by atoms with Crippen LogP contribution in [0.15, 0.2) is 54.7 Å². The number of aliphatic hydroxyl groups is 2. The minimum atomic E-state index is -1.64. The van der Waals surface area contributed by atoms with E-state index in [1.807, 2.05) is 24.3 Å². The van der Waals surface area contributed by atoms with Crippen LogP contribution in [0.5, 0.6) is 5.75 Å².